The van der Waals surface area contributed by atoms with Gasteiger partial charge in [-0.05, 0) is 18.8 Å². The lowest BCUT2D eigenvalue weighted by Crippen LogP contribution is -2.22. The summed E-state index contributed by atoms with van der Waals surface area (Å²) in [5.41, 5.74) is 0. The van der Waals surface area contributed by atoms with Crippen LogP contribution in [-0.2, 0) is 4.74 Å². The average Bonchev–Trinajstić information content (AvgIpc) is 2.34. The van der Waals surface area contributed by atoms with Crippen molar-refractivity contribution in [3.8, 4) is 0 Å². The van der Waals surface area contributed by atoms with Crippen molar-refractivity contribution < 1.29 is 4.74 Å². The van der Waals surface area contributed by atoms with Crippen LogP contribution in [0.5, 0.6) is 0 Å². The molecule has 1 aliphatic rings. The van der Waals surface area contributed by atoms with Crippen molar-refractivity contribution in [1.29, 1.82) is 0 Å². The number of rotatable bonds is 3. The van der Waals surface area contributed by atoms with Crippen LogP contribution in [-0.4, -0.2) is 19.4 Å². The molecule has 1 saturated heterocycles. The lowest BCUT2D eigenvalue weighted by molar-refractivity contribution is 0.0895. The molecule has 1 heterocycles. The largest absolute Gasteiger partial charge is 0.362 e. The lowest BCUT2D eigenvalue weighted by Gasteiger charge is -2.10. The zero-order valence-corrected chi connectivity index (χ0v) is 6.89. The van der Waals surface area contributed by atoms with E-state index in [-0.39, 0.29) is 0 Å². The molecule has 2 nitrogen and oxygen atoms in total. The van der Waals surface area contributed by atoms with Gasteiger partial charge in [0.1, 0.15) is 6.23 Å². The molecule has 0 spiro atoms. The third kappa shape index (κ3) is 2.67. The molecular formula is C8H17NO. The molecule has 0 bridgehead atoms. The summed E-state index contributed by atoms with van der Waals surface area (Å²) in [5, 5.41) is 3.29. The number of nitrogens with one attached hydrogen (secondary N) is 1. The van der Waals surface area contributed by atoms with Crippen molar-refractivity contribution in [2.45, 2.75) is 32.9 Å². The highest BCUT2D eigenvalue weighted by Crippen LogP contribution is 2.09. The van der Waals surface area contributed by atoms with Crippen LogP contribution in [0.15, 0.2) is 0 Å². The molecule has 0 aromatic heterocycles. The van der Waals surface area contributed by atoms with E-state index < -0.39 is 0 Å². The van der Waals surface area contributed by atoms with Gasteiger partial charge in [-0.15, -0.1) is 0 Å². The maximum atomic E-state index is 5.39. The van der Waals surface area contributed by atoms with Crippen LogP contribution >= 0.6 is 0 Å². The molecule has 0 aromatic rings. The first kappa shape index (κ1) is 8.02. The molecule has 1 atom stereocenters. The van der Waals surface area contributed by atoms with Gasteiger partial charge in [-0.2, -0.15) is 0 Å². The van der Waals surface area contributed by atoms with E-state index in [2.05, 4.69) is 19.2 Å². The van der Waals surface area contributed by atoms with Gasteiger partial charge in [0.15, 0.2) is 0 Å². The summed E-state index contributed by atoms with van der Waals surface area (Å²) in [6, 6.07) is 0. The van der Waals surface area contributed by atoms with E-state index in [0.29, 0.717) is 6.23 Å². The molecule has 1 aliphatic heterocycles. The Hall–Kier alpha value is -0.0800. The standard InChI is InChI=1S/C8H17NO/c1-7(2)3-4-8-9-5-6-10-8/h7-9H,3-6H2,1-2H3. The van der Waals surface area contributed by atoms with Gasteiger partial charge in [0, 0.05) is 6.54 Å². The van der Waals surface area contributed by atoms with Gasteiger partial charge >= 0.3 is 0 Å². The van der Waals surface area contributed by atoms with Crippen LogP contribution in [0, 0.1) is 5.92 Å². The Labute approximate surface area is 63.0 Å². The van der Waals surface area contributed by atoms with Crippen molar-refractivity contribution >= 4 is 0 Å². The topological polar surface area (TPSA) is 21.3 Å². The van der Waals surface area contributed by atoms with Crippen LogP contribution in [0.25, 0.3) is 0 Å². The van der Waals surface area contributed by atoms with Gasteiger partial charge in [0.25, 0.3) is 0 Å². The van der Waals surface area contributed by atoms with Crippen LogP contribution < -0.4 is 5.32 Å². The molecule has 1 N–H and O–H groups in total. The second-order valence-electron chi connectivity index (χ2n) is 3.28. The van der Waals surface area contributed by atoms with E-state index >= 15 is 0 Å². The number of hydrogen-bond acceptors (Lipinski definition) is 2. The summed E-state index contributed by atoms with van der Waals surface area (Å²) in [6.07, 6.45) is 2.78. The Balaban J connectivity index is 2.01. The first-order chi connectivity index (χ1) is 4.79. The molecule has 0 aliphatic carbocycles. The fourth-order valence-electron chi connectivity index (χ4n) is 1.15. The molecule has 60 valence electrons. The average molecular weight is 143 g/mol. The minimum Gasteiger partial charge on any atom is -0.362 e. The lowest BCUT2D eigenvalue weighted by atomic mass is 10.1. The van der Waals surface area contributed by atoms with Crippen molar-refractivity contribution in [1.82, 2.24) is 5.32 Å². The fourth-order valence-corrected chi connectivity index (χ4v) is 1.15. The third-order valence-corrected chi connectivity index (χ3v) is 1.80. The number of hydrogen-bond donors (Lipinski definition) is 1. The SMILES string of the molecule is CC(C)CCC1NCCO1. The van der Waals surface area contributed by atoms with Crippen LogP contribution in [0.3, 0.4) is 0 Å². The summed E-state index contributed by atoms with van der Waals surface area (Å²) < 4.78 is 5.39. The van der Waals surface area contributed by atoms with E-state index in [1.165, 1.54) is 6.42 Å². The normalized spacial score (nSPS) is 26.1. The first-order valence-electron chi connectivity index (χ1n) is 4.14. The second-order valence-corrected chi connectivity index (χ2v) is 3.28. The van der Waals surface area contributed by atoms with Gasteiger partial charge < -0.3 is 4.74 Å². The van der Waals surface area contributed by atoms with Gasteiger partial charge in [-0.1, -0.05) is 13.8 Å². The van der Waals surface area contributed by atoms with Crippen molar-refractivity contribution in [2.24, 2.45) is 5.92 Å². The maximum absolute atomic E-state index is 5.39. The summed E-state index contributed by atoms with van der Waals surface area (Å²) >= 11 is 0. The molecular weight excluding hydrogens is 126 g/mol. The van der Waals surface area contributed by atoms with Gasteiger partial charge in [0.2, 0.25) is 0 Å². The predicted octanol–water partition coefficient (Wildman–Crippen LogP) is 1.37. The molecule has 2 heteroatoms. The smallest absolute Gasteiger partial charge is 0.108 e. The molecule has 10 heavy (non-hydrogen) atoms. The van der Waals surface area contributed by atoms with Crippen LogP contribution in [0.2, 0.25) is 0 Å². The van der Waals surface area contributed by atoms with E-state index in [9.17, 15) is 0 Å². The quantitative estimate of drug-likeness (QED) is 0.644. The van der Waals surface area contributed by atoms with E-state index in [0.717, 1.165) is 25.5 Å². The summed E-state index contributed by atoms with van der Waals surface area (Å²) in [6.45, 7) is 6.41. The molecule has 0 aromatic carbocycles. The van der Waals surface area contributed by atoms with Gasteiger partial charge in [-0.3, -0.25) is 5.32 Å². The Morgan fingerprint density at radius 3 is 2.90 bits per heavy atom. The zero-order chi connectivity index (χ0) is 7.40. The summed E-state index contributed by atoms with van der Waals surface area (Å²) in [5.74, 6) is 0.797. The molecule has 0 amide bonds. The highest BCUT2D eigenvalue weighted by atomic mass is 16.5. The van der Waals surface area contributed by atoms with Gasteiger partial charge in [0.05, 0.1) is 6.61 Å². The number of ether oxygens (including phenoxy) is 1. The Morgan fingerprint density at radius 2 is 2.40 bits per heavy atom. The third-order valence-electron chi connectivity index (χ3n) is 1.80. The highest BCUT2D eigenvalue weighted by molar-refractivity contribution is 4.63. The highest BCUT2D eigenvalue weighted by Gasteiger charge is 2.13. The molecule has 0 saturated carbocycles. The van der Waals surface area contributed by atoms with E-state index in [4.69, 9.17) is 4.74 Å². The Bertz CT molecular complexity index is 87.3. The molecule has 1 unspecified atom stereocenters. The van der Waals surface area contributed by atoms with E-state index in [1.807, 2.05) is 0 Å². The van der Waals surface area contributed by atoms with Crippen molar-refractivity contribution in [3.05, 3.63) is 0 Å². The van der Waals surface area contributed by atoms with Crippen molar-refractivity contribution in [3.63, 3.8) is 0 Å². The Morgan fingerprint density at radius 1 is 1.60 bits per heavy atom. The molecule has 0 radical (unpaired) electrons. The fraction of sp³-hybridized carbons (Fsp3) is 1.00. The summed E-state index contributed by atoms with van der Waals surface area (Å²) in [4.78, 5) is 0. The first-order valence-corrected chi connectivity index (χ1v) is 4.14. The maximum Gasteiger partial charge on any atom is 0.108 e. The minimum atomic E-state index is 0.349. The molecule has 1 fully saturated rings. The van der Waals surface area contributed by atoms with E-state index in [1.54, 1.807) is 0 Å². The summed E-state index contributed by atoms with van der Waals surface area (Å²) in [7, 11) is 0. The molecule has 1 rings (SSSR count). The van der Waals surface area contributed by atoms with Crippen molar-refractivity contribution in [2.75, 3.05) is 13.2 Å². The monoisotopic (exact) mass is 143 g/mol. The Kier molecular flexibility index (Phi) is 3.16. The van der Waals surface area contributed by atoms with Crippen LogP contribution in [0.1, 0.15) is 26.7 Å². The second kappa shape index (κ2) is 3.94. The zero-order valence-electron chi connectivity index (χ0n) is 6.89. The predicted molar refractivity (Wildman–Crippen MR) is 41.8 cm³/mol. The minimum absolute atomic E-state index is 0.349. The van der Waals surface area contributed by atoms with Crippen LogP contribution in [0.4, 0.5) is 0 Å². The van der Waals surface area contributed by atoms with Gasteiger partial charge in [-0.25, -0.2) is 0 Å².